The number of nitrogens with one attached hydrogen (secondary N) is 1. The Morgan fingerprint density at radius 2 is 1.74 bits per heavy atom. The molecular formula is C19H24N2O2. The zero-order chi connectivity index (χ0) is 16.7. The Hall–Kier alpha value is -2.33. The van der Waals surface area contributed by atoms with Crippen molar-refractivity contribution in [1.29, 1.82) is 0 Å². The molecule has 0 saturated carbocycles. The van der Waals surface area contributed by atoms with Crippen LogP contribution in [0.4, 0.5) is 0 Å². The molecule has 0 aliphatic heterocycles. The van der Waals surface area contributed by atoms with Crippen LogP contribution >= 0.6 is 0 Å². The smallest absolute Gasteiger partial charge is 0.224 e. The number of carbonyl (C=O) groups is 1. The maximum atomic E-state index is 12.0. The fraction of sp³-hybridized carbons (Fsp3) is 0.316. The Balaban J connectivity index is 1.84. The van der Waals surface area contributed by atoms with Gasteiger partial charge in [-0.05, 0) is 42.9 Å². The van der Waals surface area contributed by atoms with Gasteiger partial charge in [0.25, 0.3) is 0 Å². The Labute approximate surface area is 138 Å². The van der Waals surface area contributed by atoms with Crippen molar-refractivity contribution in [3.8, 4) is 5.75 Å². The number of ether oxygens (including phenoxy) is 1. The first kappa shape index (κ1) is 17.0. The van der Waals surface area contributed by atoms with Gasteiger partial charge in [0.1, 0.15) is 5.75 Å². The molecule has 0 radical (unpaired) electrons. The molecule has 4 heteroatoms. The molecule has 0 aromatic heterocycles. The van der Waals surface area contributed by atoms with E-state index in [1.54, 1.807) is 7.11 Å². The van der Waals surface area contributed by atoms with Crippen LogP contribution in [-0.4, -0.2) is 32.0 Å². The number of amides is 1. The quantitative estimate of drug-likeness (QED) is 0.854. The minimum Gasteiger partial charge on any atom is -0.497 e. The Morgan fingerprint density at radius 3 is 2.39 bits per heavy atom. The number of rotatable bonds is 7. The van der Waals surface area contributed by atoms with E-state index in [0.717, 1.165) is 23.4 Å². The van der Waals surface area contributed by atoms with Crippen molar-refractivity contribution in [2.45, 2.75) is 19.5 Å². The molecule has 2 aromatic carbocycles. The third-order valence-corrected chi connectivity index (χ3v) is 3.51. The van der Waals surface area contributed by atoms with Crippen LogP contribution in [0.2, 0.25) is 0 Å². The van der Waals surface area contributed by atoms with Gasteiger partial charge in [0.05, 0.1) is 13.5 Å². The molecule has 0 spiro atoms. The lowest BCUT2D eigenvalue weighted by Gasteiger charge is -2.10. The average molecular weight is 312 g/mol. The summed E-state index contributed by atoms with van der Waals surface area (Å²) in [6, 6.07) is 15.9. The second kappa shape index (κ2) is 8.34. The molecule has 0 heterocycles. The average Bonchev–Trinajstić information content (AvgIpc) is 2.54. The van der Waals surface area contributed by atoms with Gasteiger partial charge in [0.15, 0.2) is 0 Å². The van der Waals surface area contributed by atoms with Crippen molar-refractivity contribution in [3.05, 3.63) is 65.2 Å². The molecule has 0 unspecified atom stereocenters. The van der Waals surface area contributed by atoms with Crippen LogP contribution in [0.15, 0.2) is 48.5 Å². The van der Waals surface area contributed by atoms with Crippen LogP contribution in [0, 0.1) is 0 Å². The van der Waals surface area contributed by atoms with E-state index in [4.69, 9.17) is 4.74 Å². The van der Waals surface area contributed by atoms with Crippen LogP contribution in [0.1, 0.15) is 16.7 Å². The predicted molar refractivity (Wildman–Crippen MR) is 92.4 cm³/mol. The van der Waals surface area contributed by atoms with E-state index >= 15 is 0 Å². The summed E-state index contributed by atoms with van der Waals surface area (Å²) in [5.41, 5.74) is 3.32. The molecule has 122 valence electrons. The minimum absolute atomic E-state index is 0.00983. The number of benzene rings is 2. The molecule has 2 rings (SSSR count). The molecule has 0 aliphatic rings. The summed E-state index contributed by atoms with van der Waals surface area (Å²) in [4.78, 5) is 14.2. The van der Waals surface area contributed by atoms with E-state index in [0.29, 0.717) is 13.0 Å². The maximum Gasteiger partial charge on any atom is 0.224 e. The van der Waals surface area contributed by atoms with Crippen LogP contribution < -0.4 is 10.1 Å². The number of methoxy groups -OCH3 is 1. The lowest BCUT2D eigenvalue weighted by atomic mass is 10.1. The Kier molecular flexibility index (Phi) is 6.18. The van der Waals surface area contributed by atoms with Gasteiger partial charge in [-0.25, -0.2) is 0 Å². The van der Waals surface area contributed by atoms with Crippen molar-refractivity contribution in [2.75, 3.05) is 21.2 Å². The molecule has 4 nitrogen and oxygen atoms in total. The van der Waals surface area contributed by atoms with Crippen LogP contribution in [0.5, 0.6) is 5.75 Å². The SMILES string of the molecule is COc1cccc(CC(=O)NCc2ccc(CN(C)C)cc2)c1. The third-order valence-electron chi connectivity index (χ3n) is 3.51. The molecular weight excluding hydrogens is 288 g/mol. The van der Waals surface area contributed by atoms with Gasteiger partial charge in [-0.3, -0.25) is 4.79 Å². The van der Waals surface area contributed by atoms with Gasteiger partial charge in [-0.15, -0.1) is 0 Å². The molecule has 1 amide bonds. The lowest BCUT2D eigenvalue weighted by Crippen LogP contribution is -2.24. The highest BCUT2D eigenvalue weighted by atomic mass is 16.5. The predicted octanol–water partition coefficient (Wildman–Crippen LogP) is 2.62. The third kappa shape index (κ3) is 5.75. The van der Waals surface area contributed by atoms with E-state index in [9.17, 15) is 4.79 Å². The number of hydrogen-bond acceptors (Lipinski definition) is 3. The first-order valence-corrected chi connectivity index (χ1v) is 7.69. The fourth-order valence-electron chi connectivity index (χ4n) is 2.36. The van der Waals surface area contributed by atoms with Gasteiger partial charge in [-0.2, -0.15) is 0 Å². The lowest BCUT2D eigenvalue weighted by molar-refractivity contribution is -0.120. The van der Waals surface area contributed by atoms with E-state index < -0.39 is 0 Å². The second-order valence-corrected chi connectivity index (χ2v) is 5.86. The zero-order valence-corrected chi connectivity index (χ0v) is 14.0. The standard InChI is InChI=1S/C19H24N2O2/c1-21(2)14-16-9-7-15(8-10-16)13-20-19(22)12-17-5-4-6-18(11-17)23-3/h4-11H,12-14H2,1-3H3,(H,20,22). The first-order chi connectivity index (χ1) is 11.1. The zero-order valence-electron chi connectivity index (χ0n) is 14.0. The normalized spacial score (nSPS) is 10.6. The molecule has 0 saturated heterocycles. The maximum absolute atomic E-state index is 12.0. The monoisotopic (exact) mass is 312 g/mol. The van der Waals surface area contributed by atoms with Gasteiger partial charge in [-0.1, -0.05) is 36.4 Å². The van der Waals surface area contributed by atoms with E-state index in [-0.39, 0.29) is 5.91 Å². The summed E-state index contributed by atoms with van der Waals surface area (Å²) < 4.78 is 5.17. The van der Waals surface area contributed by atoms with E-state index in [1.807, 2.05) is 38.4 Å². The summed E-state index contributed by atoms with van der Waals surface area (Å²) in [7, 11) is 5.72. The Morgan fingerprint density at radius 1 is 1.04 bits per heavy atom. The van der Waals surface area contributed by atoms with Gasteiger partial charge < -0.3 is 15.0 Å². The Bertz CT molecular complexity index is 636. The summed E-state index contributed by atoms with van der Waals surface area (Å²) in [6.07, 6.45) is 0.357. The van der Waals surface area contributed by atoms with Gasteiger partial charge in [0, 0.05) is 13.1 Å². The highest BCUT2D eigenvalue weighted by Gasteiger charge is 2.05. The van der Waals surface area contributed by atoms with Crippen molar-refractivity contribution in [3.63, 3.8) is 0 Å². The molecule has 23 heavy (non-hydrogen) atoms. The van der Waals surface area contributed by atoms with E-state index in [2.05, 4.69) is 34.5 Å². The summed E-state index contributed by atoms with van der Waals surface area (Å²) in [5.74, 6) is 0.780. The van der Waals surface area contributed by atoms with Gasteiger partial charge in [0.2, 0.25) is 5.91 Å². The molecule has 0 atom stereocenters. The molecule has 0 bridgehead atoms. The van der Waals surface area contributed by atoms with Crippen molar-refractivity contribution < 1.29 is 9.53 Å². The molecule has 2 aromatic rings. The minimum atomic E-state index is 0.00983. The fourth-order valence-corrected chi connectivity index (χ4v) is 2.36. The molecule has 0 fully saturated rings. The topological polar surface area (TPSA) is 41.6 Å². The number of hydrogen-bond donors (Lipinski definition) is 1. The second-order valence-electron chi connectivity index (χ2n) is 5.86. The van der Waals surface area contributed by atoms with E-state index in [1.165, 1.54) is 5.56 Å². The first-order valence-electron chi connectivity index (χ1n) is 7.69. The largest absolute Gasteiger partial charge is 0.497 e. The van der Waals surface area contributed by atoms with Crippen molar-refractivity contribution in [2.24, 2.45) is 0 Å². The van der Waals surface area contributed by atoms with Crippen LogP contribution in [0.3, 0.4) is 0 Å². The highest BCUT2D eigenvalue weighted by molar-refractivity contribution is 5.78. The van der Waals surface area contributed by atoms with Gasteiger partial charge >= 0.3 is 0 Å². The molecule has 0 aliphatic carbocycles. The molecule has 1 N–H and O–H groups in total. The summed E-state index contributed by atoms with van der Waals surface area (Å²) in [6.45, 7) is 1.47. The summed E-state index contributed by atoms with van der Waals surface area (Å²) in [5, 5.41) is 2.95. The number of nitrogens with zero attached hydrogens (tertiary/aromatic N) is 1. The van der Waals surface area contributed by atoms with Crippen LogP contribution in [0.25, 0.3) is 0 Å². The van der Waals surface area contributed by atoms with Crippen molar-refractivity contribution in [1.82, 2.24) is 10.2 Å². The van der Waals surface area contributed by atoms with Crippen LogP contribution in [-0.2, 0) is 24.3 Å². The highest BCUT2D eigenvalue weighted by Crippen LogP contribution is 2.13. The van der Waals surface area contributed by atoms with Crippen molar-refractivity contribution >= 4 is 5.91 Å². The number of carbonyl (C=O) groups excluding carboxylic acids is 1. The summed E-state index contributed by atoms with van der Waals surface area (Å²) >= 11 is 0.